The number of hydrogen-bond acceptors (Lipinski definition) is 7. The number of ether oxygens (including phenoxy) is 2. The van der Waals surface area contributed by atoms with Crippen LogP contribution in [0.25, 0.3) is 0 Å². The molecule has 2 aromatic carbocycles. The first-order valence-electron chi connectivity index (χ1n) is 18.2. The molecule has 1 saturated heterocycles. The van der Waals surface area contributed by atoms with Crippen LogP contribution in [0.4, 0.5) is 4.79 Å². The van der Waals surface area contributed by atoms with Crippen molar-refractivity contribution < 1.29 is 33.4 Å². The van der Waals surface area contributed by atoms with E-state index in [0.717, 1.165) is 24.0 Å². The second kappa shape index (κ2) is 15.4. The molecule has 5 amide bonds. The SMILES string of the molecule is CC(C)(NC(=O)N[C@H](C(=O)N1CC2C([C@H]1C(=O)NC(CC1CC1)C(=O)C(N)=O)C2(C)C)C(C)(C)C)C(OCOCc1ccccc1)c1ccccc1. The Morgan fingerprint density at radius 1 is 0.923 bits per heavy atom. The molecule has 3 aliphatic rings. The predicted octanol–water partition coefficient (Wildman–Crippen LogP) is 4.23. The van der Waals surface area contributed by atoms with Gasteiger partial charge < -0.3 is 36.1 Å². The van der Waals surface area contributed by atoms with Gasteiger partial charge in [0.25, 0.3) is 5.91 Å². The van der Waals surface area contributed by atoms with Gasteiger partial charge in [-0.2, -0.15) is 0 Å². The summed E-state index contributed by atoms with van der Waals surface area (Å²) in [4.78, 5) is 68.3. The Hall–Kier alpha value is -4.29. The summed E-state index contributed by atoms with van der Waals surface area (Å²) in [5.41, 5.74) is 5.29. The Kier molecular flexibility index (Phi) is 11.5. The summed E-state index contributed by atoms with van der Waals surface area (Å²) in [5.74, 6) is -2.63. The average Bonchev–Trinajstić information content (AvgIpc) is 3.93. The fraction of sp³-hybridized carbons (Fsp3) is 0.575. The summed E-state index contributed by atoms with van der Waals surface area (Å²) in [6.07, 6.45) is 1.57. The first-order valence-corrected chi connectivity index (χ1v) is 18.2. The Bertz CT molecular complexity index is 1620. The van der Waals surface area contributed by atoms with Crippen molar-refractivity contribution in [3.8, 4) is 0 Å². The Balaban J connectivity index is 1.29. The highest BCUT2D eigenvalue weighted by atomic mass is 16.7. The summed E-state index contributed by atoms with van der Waals surface area (Å²) >= 11 is 0. The fourth-order valence-electron chi connectivity index (χ4n) is 7.70. The maximum absolute atomic E-state index is 14.5. The quantitative estimate of drug-likeness (QED) is 0.114. The van der Waals surface area contributed by atoms with Crippen LogP contribution in [0.2, 0.25) is 0 Å². The van der Waals surface area contributed by atoms with Crippen LogP contribution in [0, 0.1) is 28.6 Å². The van der Waals surface area contributed by atoms with Gasteiger partial charge >= 0.3 is 6.03 Å². The zero-order valence-corrected chi connectivity index (χ0v) is 31.4. The van der Waals surface area contributed by atoms with Gasteiger partial charge in [-0.1, -0.05) is 108 Å². The summed E-state index contributed by atoms with van der Waals surface area (Å²) < 4.78 is 12.1. The van der Waals surface area contributed by atoms with Crippen molar-refractivity contribution in [1.82, 2.24) is 20.9 Å². The molecule has 2 aliphatic carbocycles. The van der Waals surface area contributed by atoms with Crippen LogP contribution in [-0.4, -0.2) is 71.4 Å². The Morgan fingerprint density at radius 2 is 1.54 bits per heavy atom. The lowest BCUT2D eigenvalue weighted by atomic mass is 9.85. The third kappa shape index (κ3) is 9.01. The monoisotopic (exact) mass is 717 g/mol. The molecule has 1 heterocycles. The number of likely N-dealkylation sites (tertiary alicyclic amines) is 1. The van der Waals surface area contributed by atoms with Crippen LogP contribution in [0.1, 0.15) is 85.0 Å². The predicted molar refractivity (Wildman–Crippen MR) is 195 cm³/mol. The number of amides is 5. The molecular weight excluding hydrogens is 662 g/mol. The number of nitrogens with one attached hydrogen (secondary N) is 3. The summed E-state index contributed by atoms with van der Waals surface area (Å²) in [7, 11) is 0. The topological polar surface area (TPSA) is 169 Å². The van der Waals surface area contributed by atoms with E-state index in [1.807, 2.05) is 95.3 Å². The average molecular weight is 718 g/mol. The molecule has 12 nitrogen and oxygen atoms in total. The van der Waals surface area contributed by atoms with E-state index in [4.69, 9.17) is 15.2 Å². The van der Waals surface area contributed by atoms with Crippen LogP contribution >= 0.6 is 0 Å². The van der Waals surface area contributed by atoms with Crippen molar-refractivity contribution in [2.45, 2.75) is 104 Å². The number of rotatable bonds is 16. The molecule has 0 radical (unpaired) electrons. The third-order valence-electron chi connectivity index (χ3n) is 10.9. The van der Waals surface area contributed by atoms with Crippen molar-refractivity contribution in [3.05, 3.63) is 71.8 Å². The van der Waals surface area contributed by atoms with E-state index in [0.29, 0.717) is 19.6 Å². The van der Waals surface area contributed by atoms with E-state index < -0.39 is 64.7 Å². The van der Waals surface area contributed by atoms with Crippen molar-refractivity contribution in [2.24, 2.45) is 34.3 Å². The molecule has 282 valence electrons. The number of fused-ring (bicyclic) bond motifs is 1. The number of Topliss-reactive ketones (excluding diaryl/α,β-unsaturated/α-hetero) is 1. The minimum atomic E-state index is -1.10. The number of piperidine rings is 1. The molecule has 2 aromatic rings. The van der Waals surface area contributed by atoms with Gasteiger partial charge in [0.15, 0.2) is 0 Å². The van der Waals surface area contributed by atoms with Gasteiger partial charge in [0.1, 0.15) is 25.0 Å². The van der Waals surface area contributed by atoms with Gasteiger partial charge in [0.05, 0.1) is 18.2 Å². The number of ketones is 1. The first-order chi connectivity index (χ1) is 24.4. The van der Waals surface area contributed by atoms with Crippen LogP contribution in [-0.2, 0) is 35.3 Å². The molecule has 5 N–H and O–H groups in total. The highest BCUT2D eigenvalue weighted by Crippen LogP contribution is 2.65. The van der Waals surface area contributed by atoms with Crippen molar-refractivity contribution in [2.75, 3.05) is 13.3 Å². The third-order valence-corrected chi connectivity index (χ3v) is 10.9. The number of nitrogens with two attached hydrogens (primary N) is 1. The smallest absolute Gasteiger partial charge is 0.315 e. The molecule has 0 bridgehead atoms. The highest BCUT2D eigenvalue weighted by molar-refractivity contribution is 6.37. The molecule has 5 rings (SSSR count). The molecule has 4 unspecified atom stereocenters. The van der Waals surface area contributed by atoms with Gasteiger partial charge in [0.2, 0.25) is 17.6 Å². The molecule has 52 heavy (non-hydrogen) atoms. The lowest BCUT2D eigenvalue weighted by Crippen LogP contribution is -2.63. The zero-order chi connectivity index (χ0) is 38.0. The van der Waals surface area contributed by atoms with E-state index >= 15 is 0 Å². The van der Waals surface area contributed by atoms with E-state index in [9.17, 15) is 24.0 Å². The van der Waals surface area contributed by atoms with E-state index in [1.165, 1.54) is 0 Å². The fourth-order valence-corrected chi connectivity index (χ4v) is 7.70. The second-order valence-corrected chi connectivity index (χ2v) is 16.9. The molecule has 3 fully saturated rings. The summed E-state index contributed by atoms with van der Waals surface area (Å²) in [5, 5.41) is 8.76. The Morgan fingerprint density at radius 3 is 2.12 bits per heavy atom. The van der Waals surface area contributed by atoms with Crippen molar-refractivity contribution in [1.29, 1.82) is 0 Å². The standard InChI is InChI=1S/C40H55N5O7/c1-38(2,3)32(36(49)45-21-27-29(39(27,4)5)30(45)35(48)42-28(20-24-18-19-24)31(46)34(41)47)43-37(50)44-40(6,7)33(26-16-12-9-13-17-26)52-23-51-22-25-14-10-8-11-15-25/h8-17,24,27-30,32-33H,18-23H2,1-7H3,(H2,41,47)(H,42,48)(H2,43,44,50)/t27?,28?,29?,30-,32+,33?/m0/s1. The van der Waals surface area contributed by atoms with Crippen molar-refractivity contribution >= 4 is 29.5 Å². The van der Waals surface area contributed by atoms with Crippen molar-refractivity contribution in [3.63, 3.8) is 0 Å². The number of hydrogen-bond donors (Lipinski definition) is 4. The maximum atomic E-state index is 14.5. The lowest BCUT2D eigenvalue weighted by Gasteiger charge is -2.39. The number of urea groups is 1. The van der Waals surface area contributed by atoms with E-state index in [1.54, 1.807) is 4.90 Å². The summed E-state index contributed by atoms with van der Waals surface area (Å²) in [6.45, 7) is 14.1. The number of primary amides is 1. The zero-order valence-electron chi connectivity index (χ0n) is 31.4. The largest absolute Gasteiger partial charge is 0.363 e. The minimum Gasteiger partial charge on any atom is -0.363 e. The van der Waals surface area contributed by atoms with Crippen LogP contribution in [0.3, 0.4) is 0 Å². The second-order valence-electron chi connectivity index (χ2n) is 16.9. The van der Waals surface area contributed by atoms with E-state index in [2.05, 4.69) is 29.8 Å². The summed E-state index contributed by atoms with van der Waals surface area (Å²) in [6, 6.07) is 15.8. The first kappa shape index (κ1) is 38.9. The molecule has 0 aromatic heterocycles. The number of benzene rings is 2. The normalized spacial score (nSPS) is 22.4. The van der Waals surface area contributed by atoms with E-state index in [-0.39, 0.29) is 30.0 Å². The minimum absolute atomic E-state index is 0.0199. The Labute approximate surface area is 306 Å². The maximum Gasteiger partial charge on any atom is 0.315 e. The molecule has 6 atom stereocenters. The number of carbonyl (C=O) groups excluding carboxylic acids is 5. The van der Waals surface area contributed by atoms with Gasteiger partial charge in [-0.25, -0.2) is 4.79 Å². The van der Waals surface area contributed by atoms with Gasteiger partial charge in [-0.15, -0.1) is 0 Å². The molecular formula is C40H55N5O7. The number of nitrogens with zero attached hydrogens (tertiary/aromatic N) is 1. The molecule has 2 saturated carbocycles. The van der Waals surface area contributed by atoms with Crippen LogP contribution < -0.4 is 21.7 Å². The highest BCUT2D eigenvalue weighted by Gasteiger charge is 2.70. The molecule has 0 spiro atoms. The van der Waals surface area contributed by atoms with Crippen LogP contribution in [0.5, 0.6) is 0 Å². The van der Waals surface area contributed by atoms with Crippen LogP contribution in [0.15, 0.2) is 60.7 Å². The molecule has 1 aliphatic heterocycles. The van der Waals surface area contributed by atoms with Gasteiger partial charge in [-0.3, -0.25) is 19.2 Å². The molecule has 12 heteroatoms. The lowest BCUT2D eigenvalue weighted by molar-refractivity contribution is -0.145. The van der Waals surface area contributed by atoms with Gasteiger partial charge in [0, 0.05) is 6.54 Å². The number of carbonyl (C=O) groups is 5. The van der Waals surface area contributed by atoms with Gasteiger partial charge in [-0.05, 0) is 60.0 Å².